The Morgan fingerprint density at radius 1 is 1.58 bits per heavy atom. The number of aliphatic hydroxyl groups is 1. The van der Waals surface area contributed by atoms with Gasteiger partial charge in [0, 0.05) is 25.6 Å². The molecule has 0 aliphatic heterocycles. The van der Waals surface area contributed by atoms with E-state index in [4.69, 9.17) is 4.74 Å². The third-order valence-electron chi connectivity index (χ3n) is 2.69. The zero-order valence-electron chi connectivity index (χ0n) is 10.5. The molecule has 106 valence electrons. The average Bonchev–Trinajstić information content (AvgIpc) is 3.13. The van der Waals surface area contributed by atoms with E-state index < -0.39 is 6.10 Å². The summed E-state index contributed by atoms with van der Waals surface area (Å²) in [5.41, 5.74) is 0. The van der Waals surface area contributed by atoms with Crippen molar-refractivity contribution in [2.75, 3.05) is 26.2 Å². The van der Waals surface area contributed by atoms with Crippen LogP contribution < -0.4 is 15.4 Å². The van der Waals surface area contributed by atoms with E-state index in [1.165, 1.54) is 6.20 Å². The van der Waals surface area contributed by atoms with Crippen molar-refractivity contribution < 1.29 is 14.6 Å². The molecule has 1 atom stereocenters. The van der Waals surface area contributed by atoms with Gasteiger partial charge in [0.25, 0.3) is 0 Å². The molecule has 0 saturated heterocycles. The van der Waals surface area contributed by atoms with Crippen LogP contribution in [0.5, 0.6) is 5.88 Å². The summed E-state index contributed by atoms with van der Waals surface area (Å²) in [6.45, 7) is 1.80. The smallest absolute Gasteiger partial charge is 0.245 e. The zero-order valence-corrected chi connectivity index (χ0v) is 11.4. The number of aliphatic hydroxyl groups excluding tert-OH is 1. The molecule has 3 N–H and O–H groups in total. The van der Waals surface area contributed by atoms with Crippen molar-refractivity contribution in [2.45, 2.75) is 18.9 Å². The first-order valence-electron chi connectivity index (χ1n) is 6.32. The molecule has 1 heterocycles. The molecule has 0 bridgehead atoms. The number of rotatable bonds is 9. The van der Waals surface area contributed by atoms with Gasteiger partial charge < -0.3 is 20.5 Å². The van der Waals surface area contributed by atoms with E-state index >= 15 is 0 Å². The molecule has 0 radical (unpaired) electrons. The highest BCUT2D eigenvalue weighted by Crippen LogP contribution is 2.28. The minimum absolute atomic E-state index is 0.140. The molecule has 1 aromatic rings. The van der Waals surface area contributed by atoms with Gasteiger partial charge in [-0.1, -0.05) is 0 Å². The van der Waals surface area contributed by atoms with Gasteiger partial charge in [-0.15, -0.1) is 4.37 Å². The summed E-state index contributed by atoms with van der Waals surface area (Å²) >= 11 is 1.06. The van der Waals surface area contributed by atoms with Gasteiger partial charge in [0.05, 0.1) is 11.7 Å². The fraction of sp³-hybridized carbons (Fsp3) is 0.727. The molecule has 2 rings (SSSR count). The first-order chi connectivity index (χ1) is 9.25. The maximum Gasteiger partial charge on any atom is 0.245 e. The van der Waals surface area contributed by atoms with E-state index in [2.05, 4.69) is 19.4 Å². The van der Waals surface area contributed by atoms with Gasteiger partial charge in [0.2, 0.25) is 11.8 Å². The molecule has 8 heteroatoms. The lowest BCUT2D eigenvalue weighted by Crippen LogP contribution is -2.37. The van der Waals surface area contributed by atoms with Gasteiger partial charge in [0.15, 0.2) is 0 Å². The maximum atomic E-state index is 11.3. The second-order valence-corrected chi connectivity index (χ2v) is 5.04. The number of aromatic nitrogens is 2. The van der Waals surface area contributed by atoms with Crippen LogP contribution in [0.3, 0.4) is 0 Å². The molecular weight excluding hydrogens is 268 g/mol. The topological polar surface area (TPSA) is 96.4 Å². The normalized spacial score (nSPS) is 16.1. The van der Waals surface area contributed by atoms with E-state index in [-0.39, 0.29) is 18.4 Å². The van der Waals surface area contributed by atoms with Crippen LogP contribution in [-0.4, -0.2) is 52.1 Å². The maximum absolute atomic E-state index is 11.3. The molecule has 1 amide bonds. The lowest BCUT2D eigenvalue weighted by Gasteiger charge is -2.12. The highest BCUT2D eigenvalue weighted by Gasteiger charge is 2.28. The summed E-state index contributed by atoms with van der Waals surface area (Å²) in [7, 11) is 0. The molecule has 1 aliphatic carbocycles. The fourth-order valence-electron chi connectivity index (χ4n) is 1.49. The number of carbonyl (C=O) groups is 1. The second kappa shape index (κ2) is 7.37. The molecule has 1 aliphatic rings. The van der Waals surface area contributed by atoms with Crippen molar-refractivity contribution in [1.29, 1.82) is 0 Å². The van der Waals surface area contributed by atoms with Gasteiger partial charge in [-0.2, -0.15) is 4.37 Å². The Morgan fingerprint density at radius 3 is 3.11 bits per heavy atom. The van der Waals surface area contributed by atoms with Gasteiger partial charge >= 0.3 is 0 Å². The molecule has 1 fully saturated rings. The Hall–Kier alpha value is -1.25. The van der Waals surface area contributed by atoms with Crippen LogP contribution in [0.25, 0.3) is 0 Å². The summed E-state index contributed by atoms with van der Waals surface area (Å²) in [4.78, 5) is 11.3. The minimum atomic E-state index is -0.610. The fourth-order valence-corrected chi connectivity index (χ4v) is 1.86. The Morgan fingerprint density at radius 2 is 2.42 bits per heavy atom. The van der Waals surface area contributed by atoms with Crippen molar-refractivity contribution >= 4 is 17.6 Å². The van der Waals surface area contributed by atoms with Crippen LogP contribution in [0.4, 0.5) is 0 Å². The summed E-state index contributed by atoms with van der Waals surface area (Å²) in [6, 6.07) is 0. The number of ether oxygens (including phenoxy) is 1. The van der Waals surface area contributed by atoms with E-state index in [0.29, 0.717) is 25.5 Å². The minimum Gasteiger partial charge on any atom is -0.473 e. The summed E-state index contributed by atoms with van der Waals surface area (Å²) in [5.74, 6) is 0.813. The number of carbonyl (C=O) groups excluding carboxylic acids is 1. The second-order valence-electron chi connectivity index (χ2n) is 4.48. The van der Waals surface area contributed by atoms with E-state index in [1.807, 2.05) is 0 Å². The van der Waals surface area contributed by atoms with Gasteiger partial charge in [-0.25, -0.2) is 0 Å². The first kappa shape index (κ1) is 14.2. The average molecular weight is 286 g/mol. The number of hydrogen-bond acceptors (Lipinski definition) is 7. The lowest BCUT2D eigenvalue weighted by atomic mass is 10.3. The van der Waals surface area contributed by atoms with E-state index in [9.17, 15) is 9.90 Å². The lowest BCUT2D eigenvalue weighted by molar-refractivity contribution is -0.122. The van der Waals surface area contributed by atoms with Crippen LogP contribution in [0, 0.1) is 5.92 Å². The largest absolute Gasteiger partial charge is 0.473 e. The number of nitrogens with one attached hydrogen (secondary N) is 2. The van der Waals surface area contributed by atoms with E-state index in [1.54, 1.807) is 0 Å². The zero-order chi connectivity index (χ0) is 13.5. The molecule has 1 aromatic heterocycles. The van der Waals surface area contributed by atoms with Crippen molar-refractivity contribution in [2.24, 2.45) is 5.92 Å². The summed E-state index contributed by atoms with van der Waals surface area (Å²) in [6.07, 6.45) is 2.93. The van der Waals surface area contributed by atoms with Crippen molar-refractivity contribution in [3.63, 3.8) is 0 Å². The Labute approximate surface area is 115 Å². The Balaban J connectivity index is 1.44. The standard InChI is InChI=1S/C11H18N4O3S/c16-9(7-18-10-6-14-19-15-10)5-12-3-4-13-11(17)8-1-2-8/h6,8-9,12,16H,1-5,7H2,(H,13,17). The van der Waals surface area contributed by atoms with Crippen LogP contribution in [0.2, 0.25) is 0 Å². The van der Waals surface area contributed by atoms with Crippen molar-refractivity contribution in [3.05, 3.63) is 6.20 Å². The Bertz CT molecular complexity index is 383. The third-order valence-corrected chi connectivity index (χ3v) is 3.16. The summed E-state index contributed by atoms with van der Waals surface area (Å²) in [5, 5.41) is 15.5. The molecule has 1 unspecified atom stereocenters. The van der Waals surface area contributed by atoms with Crippen LogP contribution >= 0.6 is 11.7 Å². The number of nitrogens with zero attached hydrogens (tertiary/aromatic N) is 2. The van der Waals surface area contributed by atoms with E-state index in [0.717, 1.165) is 24.6 Å². The molecule has 0 aromatic carbocycles. The summed E-state index contributed by atoms with van der Waals surface area (Å²) < 4.78 is 12.9. The number of amides is 1. The molecular formula is C11H18N4O3S. The molecule has 19 heavy (non-hydrogen) atoms. The van der Waals surface area contributed by atoms with Crippen LogP contribution in [0.15, 0.2) is 6.20 Å². The predicted octanol–water partition coefficient (Wildman–Crippen LogP) is -0.606. The molecule has 1 saturated carbocycles. The van der Waals surface area contributed by atoms with Crippen molar-refractivity contribution in [3.8, 4) is 5.88 Å². The monoisotopic (exact) mass is 286 g/mol. The van der Waals surface area contributed by atoms with Crippen LogP contribution in [0.1, 0.15) is 12.8 Å². The molecule has 7 nitrogen and oxygen atoms in total. The van der Waals surface area contributed by atoms with Gasteiger partial charge in [0.1, 0.15) is 18.9 Å². The highest BCUT2D eigenvalue weighted by molar-refractivity contribution is 6.99. The number of hydrogen-bond donors (Lipinski definition) is 3. The van der Waals surface area contributed by atoms with Gasteiger partial charge in [-0.05, 0) is 12.8 Å². The third kappa shape index (κ3) is 5.50. The first-order valence-corrected chi connectivity index (χ1v) is 7.05. The predicted molar refractivity (Wildman–Crippen MR) is 70.0 cm³/mol. The highest BCUT2D eigenvalue weighted by atomic mass is 32.1. The Kier molecular flexibility index (Phi) is 5.49. The molecule has 0 spiro atoms. The SMILES string of the molecule is O=C(NCCNCC(O)COc1cnsn1)C1CC1. The quantitative estimate of drug-likeness (QED) is 0.524. The van der Waals surface area contributed by atoms with Gasteiger partial charge in [-0.3, -0.25) is 4.79 Å². The van der Waals surface area contributed by atoms with Crippen molar-refractivity contribution in [1.82, 2.24) is 19.4 Å². The van der Waals surface area contributed by atoms with Crippen LogP contribution in [-0.2, 0) is 4.79 Å².